The van der Waals surface area contributed by atoms with Crippen LogP contribution in [0.25, 0.3) is 0 Å². The minimum absolute atomic E-state index is 0.00601. The lowest BCUT2D eigenvalue weighted by Gasteiger charge is -2.35. The number of carbonyl (C=O) groups is 1. The molecule has 0 aromatic carbocycles. The van der Waals surface area contributed by atoms with Crippen molar-refractivity contribution in [2.45, 2.75) is 23.8 Å². The molecule has 0 aliphatic carbocycles. The number of piperidine rings is 1. The Kier molecular flexibility index (Phi) is 6.70. The number of likely N-dealkylation sites (N-methyl/N-ethyl adjacent to an activating group) is 1. The maximum absolute atomic E-state index is 12.9. The van der Waals surface area contributed by atoms with Crippen molar-refractivity contribution in [1.29, 1.82) is 0 Å². The van der Waals surface area contributed by atoms with Gasteiger partial charge in [0.15, 0.2) is 0 Å². The number of carbonyl (C=O) groups excluding carboxylic acids is 1. The molecule has 0 radical (unpaired) electrons. The van der Waals surface area contributed by atoms with E-state index in [1.165, 1.54) is 22.6 Å². The van der Waals surface area contributed by atoms with Gasteiger partial charge in [0.1, 0.15) is 11.5 Å². The van der Waals surface area contributed by atoms with E-state index in [9.17, 15) is 17.6 Å². The molecule has 3 heterocycles. The van der Waals surface area contributed by atoms with E-state index in [4.69, 9.17) is 10.5 Å². The topological polar surface area (TPSA) is 109 Å². The largest absolute Gasteiger partial charge is 0.473 e. The van der Waals surface area contributed by atoms with Gasteiger partial charge in [-0.3, -0.25) is 0 Å². The van der Waals surface area contributed by atoms with Gasteiger partial charge < -0.3 is 20.3 Å². The van der Waals surface area contributed by atoms with Crippen LogP contribution < -0.4 is 10.5 Å². The second-order valence-corrected chi connectivity index (χ2v) is 9.06. The first-order valence-corrected chi connectivity index (χ1v) is 10.9. The summed E-state index contributed by atoms with van der Waals surface area (Å²) in [6.07, 6.45) is 2.82. The van der Waals surface area contributed by atoms with Crippen molar-refractivity contribution < 1.29 is 22.3 Å². The second-order valence-electron chi connectivity index (χ2n) is 7.13. The molecule has 1 aromatic rings. The van der Waals surface area contributed by atoms with E-state index < -0.39 is 10.0 Å². The number of rotatable bonds is 7. The van der Waals surface area contributed by atoms with Crippen LogP contribution >= 0.6 is 0 Å². The van der Waals surface area contributed by atoms with Gasteiger partial charge in [0.05, 0.1) is 12.5 Å². The summed E-state index contributed by atoms with van der Waals surface area (Å²) in [5.41, 5.74) is 5.63. The molecule has 1 aromatic heterocycles. The molecule has 2 N–H and O–H groups in total. The zero-order valence-corrected chi connectivity index (χ0v) is 17.1. The number of nitrogens with zero attached hydrogens (tertiary/aromatic N) is 4. The Morgan fingerprint density at radius 1 is 1.31 bits per heavy atom. The van der Waals surface area contributed by atoms with Gasteiger partial charge in [-0.05, 0) is 18.9 Å². The molecule has 2 fully saturated rings. The number of nitrogens with two attached hydrogens (primary N) is 1. The van der Waals surface area contributed by atoms with Crippen LogP contribution in [-0.4, -0.2) is 86.0 Å². The lowest BCUT2D eigenvalue weighted by molar-refractivity contribution is 0.158. The smallest absolute Gasteiger partial charge is 0.320 e. The Morgan fingerprint density at radius 3 is 2.55 bits per heavy atom. The van der Waals surface area contributed by atoms with Crippen molar-refractivity contribution in [2.75, 3.05) is 46.4 Å². The van der Waals surface area contributed by atoms with Crippen LogP contribution in [0.15, 0.2) is 35.1 Å². The van der Waals surface area contributed by atoms with Crippen molar-refractivity contribution in [2.24, 2.45) is 5.73 Å². The Morgan fingerprint density at radius 2 is 2.03 bits per heavy atom. The predicted molar refractivity (Wildman–Crippen MR) is 104 cm³/mol. The van der Waals surface area contributed by atoms with Crippen LogP contribution in [0, 0.1) is 0 Å². The summed E-state index contributed by atoms with van der Waals surface area (Å²) in [6, 6.07) is 2.92. The number of pyridine rings is 1. The molecule has 0 spiro atoms. The zero-order valence-electron chi connectivity index (χ0n) is 16.3. The highest BCUT2D eigenvalue weighted by atomic mass is 32.2. The molecule has 0 atom stereocenters. The average molecular weight is 428 g/mol. The molecule has 0 saturated carbocycles. The maximum atomic E-state index is 12.9. The van der Waals surface area contributed by atoms with E-state index in [1.807, 2.05) is 4.90 Å². The van der Waals surface area contributed by atoms with Crippen LogP contribution in [0.2, 0.25) is 0 Å². The number of aromatic nitrogens is 1. The van der Waals surface area contributed by atoms with E-state index in [0.717, 1.165) is 0 Å². The number of amides is 2. The summed E-state index contributed by atoms with van der Waals surface area (Å²) < 4.78 is 45.0. The van der Waals surface area contributed by atoms with E-state index in [2.05, 4.69) is 4.98 Å². The molecule has 2 amide bonds. The number of hydrogen-bond donors (Lipinski definition) is 1. The SMILES string of the molecule is CN1CCN(C2CCN(S(=O)(=O)c3ccc(OC/C(=C/F)CN)nc3)CC2)C1=O. The zero-order chi connectivity index (χ0) is 21.0. The third-order valence-corrected chi connectivity index (χ3v) is 7.16. The van der Waals surface area contributed by atoms with Gasteiger partial charge in [0.25, 0.3) is 0 Å². The molecule has 2 aliphatic heterocycles. The van der Waals surface area contributed by atoms with Crippen LogP contribution in [0.5, 0.6) is 5.88 Å². The molecule has 9 nitrogen and oxygen atoms in total. The highest BCUT2D eigenvalue weighted by molar-refractivity contribution is 7.89. The average Bonchev–Trinajstić information content (AvgIpc) is 3.08. The number of halogens is 1. The molecule has 2 saturated heterocycles. The summed E-state index contributed by atoms with van der Waals surface area (Å²) in [6.45, 7) is 2.05. The fraction of sp³-hybridized carbons (Fsp3) is 0.556. The summed E-state index contributed by atoms with van der Waals surface area (Å²) in [5, 5.41) is 0. The van der Waals surface area contributed by atoms with Gasteiger partial charge in [-0.1, -0.05) is 0 Å². The quantitative estimate of drug-likeness (QED) is 0.689. The predicted octanol–water partition coefficient (Wildman–Crippen LogP) is 0.793. The lowest BCUT2D eigenvalue weighted by atomic mass is 10.1. The number of ether oxygens (including phenoxy) is 1. The van der Waals surface area contributed by atoms with E-state index in [0.29, 0.717) is 45.4 Å². The van der Waals surface area contributed by atoms with Crippen LogP contribution in [0.4, 0.5) is 9.18 Å². The number of hydrogen-bond acceptors (Lipinski definition) is 6. The molecular formula is C18H26FN5O4S. The first kappa shape index (κ1) is 21.5. The third-order valence-electron chi connectivity index (χ3n) is 5.28. The van der Waals surface area contributed by atoms with Crippen molar-refractivity contribution >= 4 is 16.1 Å². The Bertz CT molecular complexity index is 854. The molecule has 0 bridgehead atoms. The minimum Gasteiger partial charge on any atom is -0.473 e. The van der Waals surface area contributed by atoms with Crippen molar-refractivity contribution in [3.63, 3.8) is 0 Å². The summed E-state index contributed by atoms with van der Waals surface area (Å²) in [7, 11) is -1.91. The van der Waals surface area contributed by atoms with Crippen LogP contribution in [-0.2, 0) is 10.0 Å². The van der Waals surface area contributed by atoms with E-state index in [-0.39, 0.29) is 41.6 Å². The molecule has 29 heavy (non-hydrogen) atoms. The standard InChI is InChI=1S/C18H26FN5O4S/c1-22-8-9-24(18(22)25)15-4-6-23(7-5-15)29(26,27)16-2-3-17(21-12-16)28-13-14(10-19)11-20/h2-3,10,12,15H,4-9,11,13,20H2,1H3/b14-10+. The van der Waals surface area contributed by atoms with Crippen molar-refractivity contribution in [3.8, 4) is 5.88 Å². The maximum Gasteiger partial charge on any atom is 0.320 e. The monoisotopic (exact) mass is 427 g/mol. The fourth-order valence-electron chi connectivity index (χ4n) is 3.46. The second kappa shape index (κ2) is 9.06. The number of urea groups is 1. The summed E-state index contributed by atoms with van der Waals surface area (Å²) >= 11 is 0. The minimum atomic E-state index is -3.68. The first-order valence-electron chi connectivity index (χ1n) is 9.45. The molecule has 11 heteroatoms. The van der Waals surface area contributed by atoms with Gasteiger partial charge in [0, 0.05) is 57.5 Å². The molecular weight excluding hydrogens is 401 g/mol. The van der Waals surface area contributed by atoms with Crippen LogP contribution in [0.3, 0.4) is 0 Å². The summed E-state index contributed by atoms with van der Waals surface area (Å²) in [4.78, 5) is 19.7. The molecule has 3 rings (SSSR count). The van der Waals surface area contributed by atoms with E-state index in [1.54, 1.807) is 11.9 Å². The van der Waals surface area contributed by atoms with Gasteiger partial charge in [-0.15, -0.1) is 0 Å². The van der Waals surface area contributed by atoms with Gasteiger partial charge in [0.2, 0.25) is 15.9 Å². The van der Waals surface area contributed by atoms with Gasteiger partial charge in [-0.2, -0.15) is 4.31 Å². The van der Waals surface area contributed by atoms with Crippen LogP contribution in [0.1, 0.15) is 12.8 Å². The molecule has 160 valence electrons. The highest BCUT2D eigenvalue weighted by Gasteiger charge is 2.36. The molecule has 2 aliphatic rings. The Labute approximate surface area is 170 Å². The normalized spacial score (nSPS) is 19.8. The van der Waals surface area contributed by atoms with Crippen molar-refractivity contribution in [1.82, 2.24) is 19.1 Å². The lowest BCUT2D eigenvalue weighted by Crippen LogP contribution is -2.47. The number of sulfonamides is 1. The first-order chi connectivity index (χ1) is 13.9. The van der Waals surface area contributed by atoms with E-state index >= 15 is 0 Å². The Hall–Kier alpha value is -2.24. The van der Waals surface area contributed by atoms with Crippen molar-refractivity contribution in [3.05, 3.63) is 30.2 Å². The molecule has 0 unspecified atom stereocenters. The third kappa shape index (κ3) is 4.68. The summed E-state index contributed by atoms with van der Waals surface area (Å²) in [5.74, 6) is 0.187. The Balaban J connectivity index is 1.59. The highest BCUT2D eigenvalue weighted by Crippen LogP contribution is 2.25. The van der Waals surface area contributed by atoms with Gasteiger partial charge in [-0.25, -0.2) is 22.6 Å². The van der Waals surface area contributed by atoms with Gasteiger partial charge >= 0.3 is 6.03 Å². The fourth-order valence-corrected chi connectivity index (χ4v) is 4.87.